The second kappa shape index (κ2) is 6.93. The molecule has 0 amide bonds. The molecule has 1 saturated heterocycles. The molecule has 1 N–H and O–H groups in total. The lowest BCUT2D eigenvalue weighted by Crippen LogP contribution is -2.37. The predicted molar refractivity (Wildman–Crippen MR) is 88.5 cm³/mol. The summed E-state index contributed by atoms with van der Waals surface area (Å²) < 4.78 is 1.94. The summed E-state index contributed by atoms with van der Waals surface area (Å²) in [7, 11) is 2.01. The Bertz CT molecular complexity index is 436. The summed E-state index contributed by atoms with van der Waals surface area (Å²) in [6.45, 7) is 14.8. The topological polar surface area (TPSA) is 33.1 Å². The molecule has 0 spiro atoms. The summed E-state index contributed by atoms with van der Waals surface area (Å²) >= 11 is 0. The van der Waals surface area contributed by atoms with Crippen LogP contribution in [0.25, 0.3) is 0 Å². The second-order valence-corrected chi connectivity index (χ2v) is 7.44. The van der Waals surface area contributed by atoms with Crippen molar-refractivity contribution in [3.8, 4) is 0 Å². The number of aromatic nitrogens is 2. The van der Waals surface area contributed by atoms with Crippen molar-refractivity contribution in [3.05, 3.63) is 17.5 Å². The molecular weight excluding hydrogens is 260 g/mol. The number of aryl methyl sites for hydroxylation is 1. The number of hydrogen-bond acceptors (Lipinski definition) is 3. The van der Waals surface area contributed by atoms with Gasteiger partial charge in [0.1, 0.15) is 0 Å². The first kappa shape index (κ1) is 16.5. The van der Waals surface area contributed by atoms with Crippen LogP contribution in [0.5, 0.6) is 0 Å². The molecule has 0 bridgehead atoms. The summed E-state index contributed by atoms with van der Waals surface area (Å²) in [6, 6.07) is 0. The van der Waals surface area contributed by atoms with Crippen LogP contribution in [0.3, 0.4) is 0 Å². The molecule has 21 heavy (non-hydrogen) atoms. The van der Waals surface area contributed by atoms with Crippen molar-refractivity contribution < 1.29 is 0 Å². The largest absolute Gasteiger partial charge is 0.312 e. The first-order valence-corrected chi connectivity index (χ1v) is 8.36. The van der Waals surface area contributed by atoms with Gasteiger partial charge in [0.2, 0.25) is 0 Å². The Hall–Kier alpha value is -0.870. The predicted octanol–water partition coefficient (Wildman–Crippen LogP) is 2.54. The molecule has 0 aromatic carbocycles. The van der Waals surface area contributed by atoms with Crippen molar-refractivity contribution >= 4 is 0 Å². The molecule has 4 nitrogen and oxygen atoms in total. The maximum absolute atomic E-state index is 4.64. The van der Waals surface area contributed by atoms with Crippen molar-refractivity contribution in [1.82, 2.24) is 20.0 Å². The Morgan fingerprint density at radius 3 is 2.52 bits per heavy atom. The number of likely N-dealkylation sites (tertiary alicyclic amines) is 1. The standard InChI is InChI=1S/C17H32N4/c1-6-21-9-7-14(8-10-21)11-18-12-15-13-20(5)19-16(15)17(2,3)4/h13-14,18H,6-12H2,1-5H3. The van der Waals surface area contributed by atoms with Gasteiger partial charge in [0.25, 0.3) is 0 Å². The molecule has 1 aliphatic rings. The van der Waals surface area contributed by atoms with Crippen LogP contribution in [-0.2, 0) is 19.0 Å². The van der Waals surface area contributed by atoms with E-state index in [1.165, 1.54) is 43.7 Å². The van der Waals surface area contributed by atoms with Gasteiger partial charge in [-0.05, 0) is 44.9 Å². The monoisotopic (exact) mass is 292 g/mol. The zero-order valence-electron chi connectivity index (χ0n) is 14.4. The first-order valence-electron chi connectivity index (χ1n) is 8.36. The average Bonchev–Trinajstić information content (AvgIpc) is 2.81. The van der Waals surface area contributed by atoms with Crippen LogP contribution in [0.15, 0.2) is 6.20 Å². The van der Waals surface area contributed by atoms with Gasteiger partial charge in [-0.15, -0.1) is 0 Å². The van der Waals surface area contributed by atoms with Crippen molar-refractivity contribution in [2.24, 2.45) is 13.0 Å². The number of rotatable bonds is 5. The number of piperidine rings is 1. The Kier molecular flexibility index (Phi) is 5.44. The summed E-state index contributed by atoms with van der Waals surface area (Å²) in [4.78, 5) is 2.55. The molecule has 1 fully saturated rings. The van der Waals surface area contributed by atoms with Gasteiger partial charge < -0.3 is 10.2 Å². The van der Waals surface area contributed by atoms with Crippen LogP contribution in [0.4, 0.5) is 0 Å². The van der Waals surface area contributed by atoms with Crippen molar-refractivity contribution in [2.45, 2.75) is 52.5 Å². The zero-order valence-corrected chi connectivity index (χ0v) is 14.4. The molecule has 2 rings (SSSR count). The van der Waals surface area contributed by atoms with Gasteiger partial charge in [0.05, 0.1) is 5.69 Å². The number of nitrogens with one attached hydrogen (secondary N) is 1. The van der Waals surface area contributed by atoms with Crippen LogP contribution in [0.1, 0.15) is 51.8 Å². The third-order valence-electron chi connectivity index (χ3n) is 4.52. The molecule has 120 valence electrons. The van der Waals surface area contributed by atoms with Crippen molar-refractivity contribution in [2.75, 3.05) is 26.2 Å². The van der Waals surface area contributed by atoms with Gasteiger partial charge in [0, 0.05) is 30.8 Å². The summed E-state index contributed by atoms with van der Waals surface area (Å²) in [6.07, 6.45) is 4.83. The molecule has 0 aliphatic carbocycles. The summed E-state index contributed by atoms with van der Waals surface area (Å²) in [5, 5.41) is 8.30. The highest BCUT2D eigenvalue weighted by Crippen LogP contribution is 2.24. The highest BCUT2D eigenvalue weighted by molar-refractivity contribution is 5.23. The van der Waals surface area contributed by atoms with Crippen LogP contribution in [0.2, 0.25) is 0 Å². The van der Waals surface area contributed by atoms with Gasteiger partial charge in [-0.25, -0.2) is 0 Å². The van der Waals surface area contributed by atoms with E-state index in [-0.39, 0.29) is 5.41 Å². The molecule has 0 radical (unpaired) electrons. The highest BCUT2D eigenvalue weighted by atomic mass is 15.3. The van der Waals surface area contributed by atoms with Gasteiger partial charge >= 0.3 is 0 Å². The normalized spacial score (nSPS) is 18.3. The smallest absolute Gasteiger partial charge is 0.0722 e. The zero-order chi connectivity index (χ0) is 15.5. The quantitative estimate of drug-likeness (QED) is 0.905. The molecule has 0 atom stereocenters. The fraction of sp³-hybridized carbons (Fsp3) is 0.824. The van der Waals surface area contributed by atoms with Gasteiger partial charge in [-0.1, -0.05) is 27.7 Å². The van der Waals surface area contributed by atoms with Crippen LogP contribution in [0, 0.1) is 5.92 Å². The van der Waals surface area contributed by atoms with E-state index in [0.717, 1.165) is 19.0 Å². The molecule has 1 aliphatic heterocycles. The first-order chi connectivity index (χ1) is 9.90. The Morgan fingerprint density at radius 1 is 1.29 bits per heavy atom. The minimum atomic E-state index is 0.116. The second-order valence-electron chi connectivity index (χ2n) is 7.44. The van der Waals surface area contributed by atoms with E-state index >= 15 is 0 Å². The van der Waals surface area contributed by atoms with E-state index in [4.69, 9.17) is 0 Å². The molecule has 0 saturated carbocycles. The SMILES string of the molecule is CCN1CCC(CNCc2cn(C)nc2C(C)(C)C)CC1. The fourth-order valence-corrected chi connectivity index (χ4v) is 3.22. The molecular formula is C17H32N4. The summed E-state index contributed by atoms with van der Waals surface area (Å²) in [5.74, 6) is 0.836. The highest BCUT2D eigenvalue weighted by Gasteiger charge is 2.22. The lowest BCUT2D eigenvalue weighted by molar-refractivity contribution is 0.190. The van der Waals surface area contributed by atoms with E-state index < -0.39 is 0 Å². The summed E-state index contributed by atoms with van der Waals surface area (Å²) in [5.41, 5.74) is 2.68. The third-order valence-corrected chi connectivity index (χ3v) is 4.52. The minimum Gasteiger partial charge on any atom is -0.312 e. The molecule has 1 aromatic rings. The lowest BCUT2D eigenvalue weighted by Gasteiger charge is -2.31. The molecule has 0 unspecified atom stereocenters. The maximum Gasteiger partial charge on any atom is 0.0722 e. The molecule has 4 heteroatoms. The van der Waals surface area contributed by atoms with Crippen LogP contribution >= 0.6 is 0 Å². The van der Waals surface area contributed by atoms with Crippen molar-refractivity contribution in [3.63, 3.8) is 0 Å². The van der Waals surface area contributed by atoms with Crippen LogP contribution in [-0.4, -0.2) is 40.9 Å². The number of hydrogen-bond donors (Lipinski definition) is 1. The van der Waals surface area contributed by atoms with Gasteiger partial charge in [-0.2, -0.15) is 5.10 Å². The Labute approximate surface area is 129 Å². The number of nitrogens with zero attached hydrogens (tertiary/aromatic N) is 3. The minimum absolute atomic E-state index is 0.116. The average molecular weight is 292 g/mol. The van der Waals surface area contributed by atoms with E-state index in [1.807, 2.05) is 11.7 Å². The maximum atomic E-state index is 4.64. The third kappa shape index (κ3) is 4.55. The molecule has 2 heterocycles. The Balaban J connectivity index is 1.82. The van der Waals surface area contributed by atoms with E-state index in [2.05, 4.69) is 49.2 Å². The Morgan fingerprint density at radius 2 is 1.95 bits per heavy atom. The van der Waals surface area contributed by atoms with E-state index in [9.17, 15) is 0 Å². The van der Waals surface area contributed by atoms with E-state index in [0.29, 0.717) is 0 Å². The van der Waals surface area contributed by atoms with E-state index in [1.54, 1.807) is 0 Å². The van der Waals surface area contributed by atoms with Gasteiger partial charge in [-0.3, -0.25) is 4.68 Å². The van der Waals surface area contributed by atoms with Crippen molar-refractivity contribution in [1.29, 1.82) is 0 Å². The van der Waals surface area contributed by atoms with Crippen LogP contribution < -0.4 is 5.32 Å². The molecule has 1 aromatic heterocycles. The lowest BCUT2D eigenvalue weighted by atomic mass is 9.89. The fourth-order valence-electron chi connectivity index (χ4n) is 3.22. The van der Waals surface area contributed by atoms with Gasteiger partial charge in [0.15, 0.2) is 0 Å².